The minimum Gasteiger partial charge on any atom is -0.389 e. The molecular weight excluding hydrogens is 246 g/mol. The van der Waals surface area contributed by atoms with Crippen LogP contribution in [0.15, 0.2) is 5.16 Å². The molecule has 0 radical (unpaired) electrons. The first-order chi connectivity index (χ1) is 8.35. The fraction of sp³-hybridized carbons (Fsp3) is 0.692. The number of aliphatic hydroxyl groups is 1. The van der Waals surface area contributed by atoms with E-state index in [4.69, 9.17) is 5.73 Å². The van der Waals surface area contributed by atoms with Gasteiger partial charge < -0.3 is 10.8 Å². The highest BCUT2D eigenvalue weighted by Crippen LogP contribution is 2.20. The van der Waals surface area contributed by atoms with Crippen LogP contribution in [-0.2, 0) is 0 Å². The molecule has 1 unspecified atom stereocenters. The van der Waals surface area contributed by atoms with Crippen LogP contribution >= 0.6 is 11.8 Å². The number of aromatic nitrogens is 2. The Morgan fingerprint density at radius 1 is 1.22 bits per heavy atom. The molecule has 0 aliphatic heterocycles. The summed E-state index contributed by atoms with van der Waals surface area (Å²) in [7, 11) is 0. The summed E-state index contributed by atoms with van der Waals surface area (Å²) >= 11 is 1.63. The summed E-state index contributed by atoms with van der Waals surface area (Å²) in [6.07, 6.45) is 1.62. The summed E-state index contributed by atoms with van der Waals surface area (Å²) in [5.74, 6) is 0.901. The second-order valence-corrected chi connectivity index (χ2v) is 6.02. The maximum Gasteiger partial charge on any atom is 0.187 e. The van der Waals surface area contributed by atoms with Gasteiger partial charge in [-0.05, 0) is 46.1 Å². The molecule has 1 rings (SSSR count). The van der Waals surface area contributed by atoms with Gasteiger partial charge in [-0.2, -0.15) is 0 Å². The number of hydrogen-bond donors (Lipinski definition) is 2. The van der Waals surface area contributed by atoms with E-state index in [0.29, 0.717) is 13.0 Å². The third kappa shape index (κ3) is 4.55. The SMILES string of the molecule is Cc1nc(SCCCC(C)(O)CN)nc(C)c1C. The van der Waals surface area contributed by atoms with Crippen LogP contribution in [0, 0.1) is 20.8 Å². The van der Waals surface area contributed by atoms with Gasteiger partial charge in [0.15, 0.2) is 5.16 Å². The predicted molar refractivity (Wildman–Crippen MR) is 75.9 cm³/mol. The Morgan fingerprint density at radius 2 is 1.78 bits per heavy atom. The summed E-state index contributed by atoms with van der Waals surface area (Å²) in [5.41, 5.74) is 7.96. The van der Waals surface area contributed by atoms with Crippen molar-refractivity contribution in [1.29, 1.82) is 0 Å². The Morgan fingerprint density at radius 3 is 2.28 bits per heavy atom. The molecule has 18 heavy (non-hydrogen) atoms. The monoisotopic (exact) mass is 269 g/mol. The summed E-state index contributed by atoms with van der Waals surface area (Å²) in [6.45, 7) is 8.13. The molecule has 1 heterocycles. The van der Waals surface area contributed by atoms with Crippen LogP contribution in [0.4, 0.5) is 0 Å². The lowest BCUT2D eigenvalue weighted by Crippen LogP contribution is -2.34. The van der Waals surface area contributed by atoms with E-state index in [9.17, 15) is 5.11 Å². The highest BCUT2D eigenvalue weighted by Gasteiger charge is 2.17. The molecule has 0 spiro atoms. The van der Waals surface area contributed by atoms with Gasteiger partial charge in [0, 0.05) is 23.7 Å². The van der Waals surface area contributed by atoms with Crippen molar-refractivity contribution in [3.63, 3.8) is 0 Å². The Balaban J connectivity index is 2.45. The predicted octanol–water partition coefficient (Wildman–Crippen LogP) is 1.98. The van der Waals surface area contributed by atoms with E-state index in [-0.39, 0.29) is 0 Å². The van der Waals surface area contributed by atoms with Crippen LogP contribution in [0.2, 0.25) is 0 Å². The van der Waals surface area contributed by atoms with E-state index in [1.807, 2.05) is 20.8 Å². The molecule has 0 saturated carbocycles. The molecule has 4 nitrogen and oxygen atoms in total. The van der Waals surface area contributed by atoms with Gasteiger partial charge in [-0.25, -0.2) is 9.97 Å². The minimum atomic E-state index is -0.749. The van der Waals surface area contributed by atoms with Crippen LogP contribution in [0.25, 0.3) is 0 Å². The van der Waals surface area contributed by atoms with Crippen molar-refractivity contribution in [3.05, 3.63) is 17.0 Å². The lowest BCUT2D eigenvalue weighted by atomic mass is 10.0. The number of aryl methyl sites for hydroxylation is 2. The van der Waals surface area contributed by atoms with Gasteiger partial charge in [-0.3, -0.25) is 0 Å². The van der Waals surface area contributed by atoms with Crippen LogP contribution < -0.4 is 5.73 Å². The molecule has 0 aliphatic rings. The molecule has 5 heteroatoms. The Hall–Kier alpha value is -0.650. The highest BCUT2D eigenvalue weighted by atomic mass is 32.2. The van der Waals surface area contributed by atoms with E-state index in [0.717, 1.165) is 34.3 Å². The van der Waals surface area contributed by atoms with E-state index in [2.05, 4.69) is 9.97 Å². The van der Waals surface area contributed by atoms with Crippen LogP contribution in [0.1, 0.15) is 36.7 Å². The highest BCUT2D eigenvalue weighted by molar-refractivity contribution is 7.99. The molecule has 102 valence electrons. The fourth-order valence-corrected chi connectivity index (χ4v) is 2.40. The summed E-state index contributed by atoms with van der Waals surface area (Å²) in [4.78, 5) is 8.90. The number of thioether (sulfide) groups is 1. The van der Waals surface area contributed by atoms with Crippen molar-refractivity contribution >= 4 is 11.8 Å². The number of nitrogens with two attached hydrogens (primary N) is 1. The molecule has 0 amide bonds. The van der Waals surface area contributed by atoms with Gasteiger partial charge in [-0.15, -0.1) is 0 Å². The smallest absolute Gasteiger partial charge is 0.187 e. The average Bonchev–Trinajstić information content (AvgIpc) is 2.31. The molecule has 0 fully saturated rings. The van der Waals surface area contributed by atoms with Crippen molar-refractivity contribution in [2.45, 2.75) is 51.3 Å². The average molecular weight is 269 g/mol. The molecule has 1 atom stereocenters. The fourth-order valence-electron chi connectivity index (χ4n) is 1.52. The van der Waals surface area contributed by atoms with Gasteiger partial charge in [0.25, 0.3) is 0 Å². The zero-order valence-electron chi connectivity index (χ0n) is 11.7. The molecular formula is C13H23N3OS. The zero-order chi connectivity index (χ0) is 13.8. The summed E-state index contributed by atoms with van der Waals surface area (Å²) in [6, 6.07) is 0. The van der Waals surface area contributed by atoms with Crippen molar-refractivity contribution < 1.29 is 5.11 Å². The Bertz CT molecular complexity index is 384. The molecule has 0 saturated heterocycles. The van der Waals surface area contributed by atoms with Crippen molar-refractivity contribution in [1.82, 2.24) is 9.97 Å². The van der Waals surface area contributed by atoms with E-state index >= 15 is 0 Å². The maximum absolute atomic E-state index is 9.78. The third-order valence-corrected chi connectivity index (χ3v) is 4.08. The van der Waals surface area contributed by atoms with Crippen molar-refractivity contribution in [2.75, 3.05) is 12.3 Å². The largest absolute Gasteiger partial charge is 0.389 e. The van der Waals surface area contributed by atoms with E-state index in [1.54, 1.807) is 18.7 Å². The van der Waals surface area contributed by atoms with Crippen LogP contribution in [0.3, 0.4) is 0 Å². The molecule has 1 aromatic rings. The second kappa shape index (κ2) is 6.50. The molecule has 0 aromatic carbocycles. The lowest BCUT2D eigenvalue weighted by Gasteiger charge is -2.20. The molecule has 3 N–H and O–H groups in total. The molecule has 1 aromatic heterocycles. The second-order valence-electron chi connectivity index (χ2n) is 4.96. The quantitative estimate of drug-likeness (QED) is 0.469. The minimum absolute atomic E-state index is 0.302. The maximum atomic E-state index is 9.78. The topological polar surface area (TPSA) is 72.0 Å². The van der Waals surface area contributed by atoms with Crippen molar-refractivity contribution in [2.24, 2.45) is 5.73 Å². The van der Waals surface area contributed by atoms with E-state index in [1.165, 1.54) is 0 Å². The molecule has 0 aliphatic carbocycles. The number of nitrogens with zero attached hydrogens (tertiary/aromatic N) is 2. The van der Waals surface area contributed by atoms with Gasteiger partial charge >= 0.3 is 0 Å². The summed E-state index contributed by atoms with van der Waals surface area (Å²) in [5, 5.41) is 10.6. The molecule has 0 bridgehead atoms. The van der Waals surface area contributed by atoms with Gasteiger partial charge in [0.1, 0.15) is 0 Å². The number of rotatable bonds is 6. The number of hydrogen-bond acceptors (Lipinski definition) is 5. The Labute approximate surface area is 113 Å². The van der Waals surface area contributed by atoms with E-state index < -0.39 is 5.60 Å². The first-order valence-electron chi connectivity index (χ1n) is 6.23. The zero-order valence-corrected chi connectivity index (χ0v) is 12.5. The normalized spacial score (nSPS) is 14.6. The van der Waals surface area contributed by atoms with Crippen molar-refractivity contribution in [3.8, 4) is 0 Å². The standard InChI is InChI=1S/C13H23N3OS/c1-9-10(2)15-12(16-11(9)3)18-7-5-6-13(4,17)8-14/h17H,5-8,14H2,1-4H3. The Kier molecular flexibility index (Phi) is 5.56. The van der Waals surface area contributed by atoms with Gasteiger partial charge in [0.05, 0.1) is 5.60 Å². The van der Waals surface area contributed by atoms with Crippen LogP contribution in [-0.4, -0.2) is 33.0 Å². The first kappa shape index (κ1) is 15.4. The van der Waals surface area contributed by atoms with Gasteiger partial charge in [0.2, 0.25) is 0 Å². The first-order valence-corrected chi connectivity index (χ1v) is 7.21. The summed E-state index contributed by atoms with van der Waals surface area (Å²) < 4.78 is 0. The lowest BCUT2D eigenvalue weighted by molar-refractivity contribution is 0.0596. The van der Waals surface area contributed by atoms with Crippen LogP contribution in [0.5, 0.6) is 0 Å². The third-order valence-electron chi connectivity index (χ3n) is 3.14. The van der Waals surface area contributed by atoms with Gasteiger partial charge in [-0.1, -0.05) is 11.8 Å².